The van der Waals surface area contributed by atoms with E-state index in [1.165, 1.54) is 0 Å². The topological polar surface area (TPSA) is 89.4 Å². The van der Waals surface area contributed by atoms with Crippen molar-refractivity contribution < 1.29 is 0 Å². The summed E-state index contributed by atoms with van der Waals surface area (Å²) in [5.74, 6) is 0.505. The molecule has 9 heteroatoms. The molecule has 0 radical (unpaired) electrons. The van der Waals surface area contributed by atoms with Crippen molar-refractivity contribution in [2.45, 2.75) is 0 Å². The molecule has 0 fully saturated rings. The number of hydrogen-bond donors (Lipinski definition) is 1. The van der Waals surface area contributed by atoms with E-state index < -0.39 is 0 Å². The van der Waals surface area contributed by atoms with Crippen LogP contribution in [0.25, 0.3) is 0 Å². The van der Waals surface area contributed by atoms with Gasteiger partial charge in [0.05, 0.1) is 0 Å². The summed E-state index contributed by atoms with van der Waals surface area (Å²) in [5.41, 5.74) is 2.34. The Morgan fingerprint density at radius 3 is 2.45 bits per heavy atom. The van der Waals surface area contributed by atoms with Gasteiger partial charge in [0, 0.05) is 11.8 Å². The van der Waals surface area contributed by atoms with Crippen LogP contribution in [0.15, 0.2) is 42.7 Å². The molecule has 2 rings (SSSR count). The number of nitrogens with one attached hydrogen (secondary N) is 1. The average molecular weight is 173 g/mol. The van der Waals surface area contributed by atoms with Gasteiger partial charge in [0.2, 0.25) is 11.6 Å². The number of rotatable bonds is 0. The second-order valence-electron chi connectivity index (χ2n) is 1.61. The van der Waals surface area contributed by atoms with Crippen molar-refractivity contribution in [2.24, 2.45) is 31.0 Å². The Morgan fingerprint density at radius 2 is 1.91 bits per heavy atom. The molecule has 8 nitrogen and oxygen atoms in total. The van der Waals surface area contributed by atoms with Gasteiger partial charge in [0.15, 0.2) is 0 Å². The third-order valence-electron chi connectivity index (χ3n) is 0.982. The van der Waals surface area contributed by atoms with E-state index in [-0.39, 0.29) is 11.6 Å². The molecule has 1 N–H and O–H groups in total. The van der Waals surface area contributed by atoms with Gasteiger partial charge in [-0.15, -0.1) is 15.3 Å². The lowest BCUT2D eigenvalue weighted by atomic mass is 10.7. The lowest BCUT2D eigenvalue weighted by molar-refractivity contribution is 0.462. The van der Waals surface area contributed by atoms with Gasteiger partial charge in [-0.3, -0.25) is 0 Å². The summed E-state index contributed by atoms with van der Waals surface area (Å²) in [7, 11) is 0. The molecule has 2 heterocycles. The molecule has 2 aliphatic heterocycles. The molecule has 11 heavy (non-hydrogen) atoms. The van der Waals surface area contributed by atoms with Gasteiger partial charge in [-0.1, -0.05) is 5.22 Å². The second kappa shape index (κ2) is 2.23. The molecule has 0 bridgehead atoms. The molecule has 56 valence electrons. The standard InChI is InChI=1S/C2HClN8/c3-11-2(6-9-10-11)1-4-7-8-5-1/h(H,6,10). The van der Waals surface area contributed by atoms with Crippen LogP contribution in [-0.2, 0) is 0 Å². The fourth-order valence-corrected chi connectivity index (χ4v) is 0.705. The minimum absolute atomic E-state index is 0.230. The molecule has 0 amide bonds. The van der Waals surface area contributed by atoms with E-state index >= 15 is 0 Å². The highest BCUT2D eigenvalue weighted by Crippen LogP contribution is 2.22. The van der Waals surface area contributed by atoms with Crippen molar-refractivity contribution in [1.29, 1.82) is 0 Å². The summed E-state index contributed by atoms with van der Waals surface area (Å²) in [5, 5.41) is 20.5. The van der Waals surface area contributed by atoms with Crippen LogP contribution >= 0.6 is 11.8 Å². The number of nitrogens with zero attached hydrogens (tertiary/aromatic N) is 7. The highest BCUT2D eigenvalue weighted by atomic mass is 35.5. The van der Waals surface area contributed by atoms with Gasteiger partial charge in [-0.25, -0.2) is 0 Å². The average Bonchev–Trinajstić information content (AvgIpc) is 2.55. The molecule has 0 saturated carbocycles. The molecule has 0 atom stereocenters. The molecule has 0 aromatic carbocycles. The molecular formula is C2HClN8. The zero-order valence-electron chi connectivity index (χ0n) is 5.01. The number of hydrazine groups is 1. The minimum Gasteiger partial charge on any atom is -0.183 e. The monoisotopic (exact) mass is 172 g/mol. The molecule has 0 unspecified atom stereocenters. The predicted octanol–water partition coefficient (Wildman–Crippen LogP) is 1.29. The summed E-state index contributed by atoms with van der Waals surface area (Å²) < 4.78 is 1.04. The lowest BCUT2D eigenvalue weighted by Gasteiger charge is -2.02. The predicted molar refractivity (Wildman–Crippen MR) is 32.4 cm³/mol. The van der Waals surface area contributed by atoms with Gasteiger partial charge in [-0.05, 0) is 10.4 Å². The quantitative estimate of drug-likeness (QED) is 0.558. The van der Waals surface area contributed by atoms with Gasteiger partial charge in [0.1, 0.15) is 0 Å². The smallest absolute Gasteiger partial charge is 0.183 e. The Hall–Kier alpha value is -1.57. The van der Waals surface area contributed by atoms with Crippen LogP contribution in [0.1, 0.15) is 0 Å². The van der Waals surface area contributed by atoms with Crippen molar-refractivity contribution in [2.75, 3.05) is 0 Å². The normalized spacial score (nSPS) is 20.3. The van der Waals surface area contributed by atoms with Gasteiger partial charge >= 0.3 is 0 Å². The maximum atomic E-state index is 5.53. The Balaban J connectivity index is 2.38. The first-order valence-corrected chi connectivity index (χ1v) is 2.90. The van der Waals surface area contributed by atoms with E-state index in [1.54, 1.807) is 0 Å². The van der Waals surface area contributed by atoms with Crippen LogP contribution in [0.4, 0.5) is 0 Å². The first kappa shape index (κ1) is 6.16. The van der Waals surface area contributed by atoms with E-state index in [9.17, 15) is 0 Å². The summed E-state index contributed by atoms with van der Waals surface area (Å²) in [6.07, 6.45) is 0. The van der Waals surface area contributed by atoms with Crippen LogP contribution in [0.3, 0.4) is 0 Å². The Morgan fingerprint density at radius 1 is 1.18 bits per heavy atom. The fourth-order valence-electron chi connectivity index (χ4n) is 0.562. The van der Waals surface area contributed by atoms with E-state index in [4.69, 9.17) is 11.8 Å². The molecule has 0 spiro atoms. The Bertz CT molecular complexity index is 272. The van der Waals surface area contributed by atoms with Crippen LogP contribution in [0, 0.1) is 0 Å². The SMILES string of the molecule is ClN1NN=NC1=C1N=NN=N1. The molecule has 0 aromatic heterocycles. The number of hydrogen-bond acceptors (Lipinski definition) is 8. The molecule has 0 aromatic rings. The van der Waals surface area contributed by atoms with E-state index in [1.807, 2.05) is 0 Å². The maximum Gasteiger partial charge on any atom is 0.247 e. The summed E-state index contributed by atoms with van der Waals surface area (Å²) in [6, 6.07) is 0. The van der Waals surface area contributed by atoms with Crippen molar-refractivity contribution >= 4 is 11.8 Å². The zero-order valence-corrected chi connectivity index (χ0v) is 5.76. The van der Waals surface area contributed by atoms with Crippen molar-refractivity contribution in [3.8, 4) is 0 Å². The first-order chi connectivity index (χ1) is 5.38. The summed E-state index contributed by atoms with van der Waals surface area (Å²) in [6.45, 7) is 0. The van der Waals surface area contributed by atoms with Gasteiger partial charge in [0.25, 0.3) is 0 Å². The highest BCUT2D eigenvalue weighted by Gasteiger charge is 2.19. The van der Waals surface area contributed by atoms with Crippen molar-refractivity contribution in [1.82, 2.24) is 10.1 Å². The Labute approximate surface area is 65.4 Å². The second-order valence-corrected chi connectivity index (χ2v) is 1.94. The highest BCUT2D eigenvalue weighted by molar-refractivity contribution is 6.14. The largest absolute Gasteiger partial charge is 0.247 e. The first-order valence-electron chi connectivity index (χ1n) is 2.56. The van der Waals surface area contributed by atoms with Crippen LogP contribution in [0.5, 0.6) is 0 Å². The van der Waals surface area contributed by atoms with Crippen molar-refractivity contribution in [3.63, 3.8) is 0 Å². The fraction of sp³-hybridized carbons (Fsp3) is 0. The van der Waals surface area contributed by atoms with Crippen LogP contribution < -0.4 is 5.53 Å². The summed E-state index contributed by atoms with van der Waals surface area (Å²) >= 11 is 5.53. The van der Waals surface area contributed by atoms with Gasteiger partial charge < -0.3 is 0 Å². The maximum absolute atomic E-state index is 5.53. The lowest BCUT2D eigenvalue weighted by Crippen LogP contribution is -2.17. The molecule has 2 aliphatic rings. The van der Waals surface area contributed by atoms with Crippen molar-refractivity contribution in [3.05, 3.63) is 11.6 Å². The van der Waals surface area contributed by atoms with Crippen LogP contribution in [-0.4, -0.2) is 4.53 Å². The number of halogens is 1. The minimum atomic E-state index is 0.230. The summed E-state index contributed by atoms with van der Waals surface area (Å²) in [4.78, 5) is 0. The van der Waals surface area contributed by atoms with E-state index in [2.05, 4.69) is 36.5 Å². The molecule has 0 aliphatic carbocycles. The van der Waals surface area contributed by atoms with E-state index in [0.717, 1.165) is 4.53 Å². The third-order valence-corrected chi connectivity index (χ3v) is 1.22. The van der Waals surface area contributed by atoms with Gasteiger partial charge in [-0.2, -0.15) is 10.1 Å². The molecule has 0 saturated heterocycles. The molecular weight excluding hydrogens is 172 g/mol. The Kier molecular flexibility index (Phi) is 1.25. The van der Waals surface area contributed by atoms with E-state index in [0.29, 0.717) is 0 Å². The van der Waals surface area contributed by atoms with Crippen LogP contribution in [0.2, 0.25) is 0 Å². The third kappa shape index (κ3) is 0.923. The zero-order chi connectivity index (χ0) is 7.68.